The third kappa shape index (κ3) is 1.93. The fourth-order valence-electron chi connectivity index (χ4n) is 2.61. The van der Waals surface area contributed by atoms with E-state index >= 15 is 0 Å². The van der Waals surface area contributed by atoms with E-state index in [4.69, 9.17) is 0 Å². The van der Waals surface area contributed by atoms with Crippen molar-refractivity contribution in [3.05, 3.63) is 5.01 Å². The first-order valence-electron chi connectivity index (χ1n) is 6.87. The van der Waals surface area contributed by atoms with Crippen molar-refractivity contribution in [3.8, 4) is 0 Å². The summed E-state index contributed by atoms with van der Waals surface area (Å²) in [6.45, 7) is 4.76. The van der Waals surface area contributed by atoms with Gasteiger partial charge in [0.05, 0.1) is 11.5 Å². The van der Waals surface area contributed by atoms with Crippen LogP contribution in [0, 0.1) is 0 Å². The van der Waals surface area contributed by atoms with E-state index in [0.29, 0.717) is 13.1 Å². The van der Waals surface area contributed by atoms with E-state index in [1.807, 2.05) is 21.0 Å². The summed E-state index contributed by atoms with van der Waals surface area (Å²) in [7, 11) is 1.88. The molecule has 6 nitrogen and oxygen atoms in total. The molecule has 1 radical (unpaired) electrons. The maximum absolute atomic E-state index is 12.4. The van der Waals surface area contributed by atoms with Crippen molar-refractivity contribution in [2.75, 3.05) is 6.54 Å². The molecule has 0 N–H and O–H groups in total. The maximum atomic E-state index is 12.4. The van der Waals surface area contributed by atoms with Crippen molar-refractivity contribution in [3.63, 3.8) is 0 Å². The summed E-state index contributed by atoms with van der Waals surface area (Å²) in [5.74, 6) is -0.0313. The van der Waals surface area contributed by atoms with Crippen molar-refractivity contribution in [2.45, 2.75) is 45.1 Å². The summed E-state index contributed by atoms with van der Waals surface area (Å²) in [5, 5.41) is 8.89. The lowest BCUT2D eigenvalue weighted by Crippen LogP contribution is -2.36. The Hall–Kier alpha value is -1.44. The Morgan fingerprint density at radius 1 is 1.35 bits per heavy atom. The van der Waals surface area contributed by atoms with Gasteiger partial charge in [-0.25, -0.2) is 4.79 Å². The molecule has 0 unspecified atom stereocenters. The van der Waals surface area contributed by atoms with Gasteiger partial charge < -0.3 is 4.90 Å². The van der Waals surface area contributed by atoms with Crippen molar-refractivity contribution in [2.24, 2.45) is 0 Å². The number of carbonyl (C=O) groups is 2. The molecule has 1 aliphatic carbocycles. The van der Waals surface area contributed by atoms with Crippen LogP contribution in [-0.4, -0.2) is 51.3 Å². The van der Waals surface area contributed by atoms with E-state index in [1.54, 1.807) is 4.90 Å². The Morgan fingerprint density at radius 3 is 2.65 bits per heavy atom. The molecule has 0 aromatic carbocycles. The van der Waals surface area contributed by atoms with Gasteiger partial charge in [0.25, 0.3) is 5.91 Å². The van der Waals surface area contributed by atoms with Crippen LogP contribution in [0.4, 0.5) is 4.79 Å². The largest absolute Gasteiger partial charge is 0.328 e. The molecule has 20 heavy (non-hydrogen) atoms. The van der Waals surface area contributed by atoms with Crippen LogP contribution in [0.25, 0.3) is 0 Å². The van der Waals surface area contributed by atoms with E-state index in [0.717, 1.165) is 29.2 Å². The second-order valence-electron chi connectivity index (χ2n) is 5.18. The van der Waals surface area contributed by atoms with Gasteiger partial charge in [-0.15, -0.1) is 16.4 Å². The number of nitrogens with zero attached hydrogens (tertiary/aromatic N) is 4. The van der Waals surface area contributed by atoms with Crippen LogP contribution in [-0.2, 0) is 11.3 Å². The lowest BCUT2D eigenvalue weighted by Gasteiger charge is -2.19. The van der Waals surface area contributed by atoms with E-state index in [-0.39, 0.29) is 11.9 Å². The van der Waals surface area contributed by atoms with E-state index < -0.39 is 5.54 Å². The van der Waals surface area contributed by atoms with Gasteiger partial charge in [0.2, 0.25) is 0 Å². The van der Waals surface area contributed by atoms with E-state index in [9.17, 15) is 9.59 Å². The molecular formula is C12H16BN4O2S. The van der Waals surface area contributed by atoms with Crippen LogP contribution in [0.15, 0.2) is 0 Å². The number of imide groups is 1. The lowest BCUT2D eigenvalue weighted by atomic mass is 9.84. The van der Waals surface area contributed by atoms with Gasteiger partial charge in [0.15, 0.2) is 7.28 Å². The summed E-state index contributed by atoms with van der Waals surface area (Å²) in [6.07, 6.45) is 2.32. The topological polar surface area (TPSA) is 66.4 Å². The third-order valence-electron chi connectivity index (χ3n) is 3.82. The first-order valence-corrected chi connectivity index (χ1v) is 7.69. The monoisotopic (exact) mass is 291 g/mol. The molecule has 1 aliphatic heterocycles. The highest BCUT2D eigenvalue weighted by Crippen LogP contribution is 2.48. The molecule has 2 fully saturated rings. The average molecular weight is 291 g/mol. The Bertz CT molecular complexity index is 557. The van der Waals surface area contributed by atoms with Crippen LogP contribution < -0.4 is 4.91 Å². The van der Waals surface area contributed by atoms with Crippen molar-refractivity contribution < 1.29 is 9.59 Å². The first-order chi connectivity index (χ1) is 9.62. The molecule has 105 valence electrons. The fourth-order valence-corrected chi connectivity index (χ4v) is 3.32. The summed E-state index contributed by atoms with van der Waals surface area (Å²) in [5.41, 5.74) is -0.575. The molecule has 1 saturated carbocycles. The lowest BCUT2D eigenvalue weighted by molar-refractivity contribution is -0.129. The van der Waals surface area contributed by atoms with Gasteiger partial charge in [-0.1, -0.05) is 13.7 Å². The van der Waals surface area contributed by atoms with Gasteiger partial charge in [-0.05, 0) is 19.3 Å². The van der Waals surface area contributed by atoms with Gasteiger partial charge in [0.1, 0.15) is 10.5 Å². The molecule has 1 spiro atoms. The van der Waals surface area contributed by atoms with Gasteiger partial charge in [0, 0.05) is 6.54 Å². The zero-order chi connectivity index (χ0) is 14.3. The highest BCUT2D eigenvalue weighted by molar-refractivity contribution is 7.20. The van der Waals surface area contributed by atoms with E-state index in [1.165, 1.54) is 16.2 Å². The van der Waals surface area contributed by atoms with Crippen LogP contribution in [0.1, 0.15) is 31.2 Å². The molecule has 3 amide bonds. The zero-order valence-corrected chi connectivity index (χ0v) is 12.4. The minimum atomic E-state index is -0.575. The van der Waals surface area contributed by atoms with Crippen molar-refractivity contribution in [1.29, 1.82) is 0 Å². The molecule has 1 saturated heterocycles. The number of urea groups is 1. The quantitative estimate of drug-likeness (QED) is 0.589. The molecule has 2 aliphatic rings. The van der Waals surface area contributed by atoms with Crippen LogP contribution in [0.2, 0.25) is 6.82 Å². The smallest absolute Gasteiger partial charge is 0.303 e. The summed E-state index contributed by atoms with van der Waals surface area (Å²) in [4.78, 5) is 28.7. The number of aromatic nitrogens is 2. The molecule has 1 aromatic heterocycles. The predicted octanol–water partition coefficient (Wildman–Crippen LogP) is 0.622. The Labute approximate surface area is 122 Å². The molecule has 0 atom stereocenters. The zero-order valence-electron chi connectivity index (χ0n) is 11.6. The Balaban J connectivity index is 1.81. The standard InChI is InChI=1S/C12H16BN4O2S/c1-3-6-16-9(18)12(4-5-12)17(11(16)19)7-8-14-15-10(13-2)20-8/h3-7H2,1-2H3. The summed E-state index contributed by atoms with van der Waals surface area (Å²) >= 11 is 1.46. The normalized spacial score (nSPS) is 20.1. The van der Waals surface area contributed by atoms with E-state index in [2.05, 4.69) is 10.2 Å². The van der Waals surface area contributed by atoms with Crippen molar-refractivity contribution >= 4 is 35.5 Å². The fraction of sp³-hybridized carbons (Fsp3) is 0.667. The number of carbonyl (C=O) groups excluding carboxylic acids is 2. The second kappa shape index (κ2) is 4.84. The van der Waals surface area contributed by atoms with Gasteiger partial charge in [-0.3, -0.25) is 9.69 Å². The number of amides is 3. The van der Waals surface area contributed by atoms with Gasteiger partial charge in [-0.2, -0.15) is 5.10 Å². The van der Waals surface area contributed by atoms with Crippen LogP contribution in [0.3, 0.4) is 0 Å². The number of rotatable bonds is 5. The number of hydrogen-bond donors (Lipinski definition) is 0. The molecule has 3 rings (SSSR count). The van der Waals surface area contributed by atoms with Gasteiger partial charge >= 0.3 is 6.03 Å². The predicted molar refractivity (Wildman–Crippen MR) is 76.1 cm³/mol. The highest BCUT2D eigenvalue weighted by atomic mass is 32.1. The maximum Gasteiger partial charge on any atom is 0.328 e. The molecule has 0 bridgehead atoms. The summed E-state index contributed by atoms with van der Waals surface area (Å²) in [6, 6.07) is -0.174. The molecular weight excluding hydrogens is 275 g/mol. The SMILES string of the molecule is C[B]c1nnc(CN2C(=O)N(CCC)C(=O)C23CC3)s1. The Kier molecular flexibility index (Phi) is 3.28. The Morgan fingerprint density at radius 2 is 2.10 bits per heavy atom. The summed E-state index contributed by atoms with van der Waals surface area (Å²) < 4.78 is 0. The second-order valence-corrected chi connectivity index (χ2v) is 6.27. The average Bonchev–Trinajstić information content (AvgIpc) is 3.09. The number of hydrogen-bond acceptors (Lipinski definition) is 5. The van der Waals surface area contributed by atoms with Crippen LogP contribution in [0.5, 0.6) is 0 Å². The first kappa shape index (κ1) is 13.5. The molecule has 8 heteroatoms. The molecule has 2 heterocycles. The minimum Gasteiger partial charge on any atom is -0.303 e. The van der Waals surface area contributed by atoms with Crippen molar-refractivity contribution in [1.82, 2.24) is 20.0 Å². The third-order valence-corrected chi connectivity index (χ3v) is 4.79. The van der Waals surface area contributed by atoms with Crippen LogP contribution >= 0.6 is 11.3 Å². The minimum absolute atomic E-state index is 0.0313. The highest BCUT2D eigenvalue weighted by Gasteiger charge is 2.64. The molecule has 1 aromatic rings.